The Labute approximate surface area is 131 Å². The Hall–Kier alpha value is -0.760. The number of pyridine rings is 1. The van der Waals surface area contributed by atoms with Gasteiger partial charge in [-0.3, -0.25) is 4.98 Å². The largest absolute Gasteiger partial charge is 0.257 e. The van der Waals surface area contributed by atoms with Crippen LogP contribution in [0, 0.1) is 6.92 Å². The normalized spacial score (nSPS) is 12.0. The highest BCUT2D eigenvalue weighted by molar-refractivity contribution is 9.10. The molecule has 108 valence electrons. The first-order chi connectivity index (χ1) is 9.45. The van der Waals surface area contributed by atoms with Crippen molar-refractivity contribution in [1.82, 2.24) is 9.29 Å². The van der Waals surface area contributed by atoms with Crippen LogP contribution in [0.1, 0.15) is 18.3 Å². The van der Waals surface area contributed by atoms with Gasteiger partial charge in [0.15, 0.2) is 0 Å². The molecule has 0 aromatic carbocycles. The van der Waals surface area contributed by atoms with Gasteiger partial charge in [-0.25, -0.2) is 8.42 Å². The summed E-state index contributed by atoms with van der Waals surface area (Å²) in [6.45, 7) is 4.41. The van der Waals surface area contributed by atoms with Crippen molar-refractivity contribution < 1.29 is 8.42 Å². The van der Waals surface area contributed by atoms with Gasteiger partial charge in [0.25, 0.3) is 10.0 Å². The summed E-state index contributed by atoms with van der Waals surface area (Å²) in [5.74, 6) is 0. The van der Waals surface area contributed by atoms with Crippen molar-refractivity contribution in [2.24, 2.45) is 0 Å². The van der Waals surface area contributed by atoms with E-state index in [-0.39, 0.29) is 6.54 Å². The average Bonchev–Trinajstić information content (AvgIpc) is 2.83. The van der Waals surface area contributed by atoms with Gasteiger partial charge in [-0.2, -0.15) is 4.31 Å². The first kappa shape index (κ1) is 15.6. The maximum absolute atomic E-state index is 12.6. The molecule has 4 nitrogen and oxygen atoms in total. The summed E-state index contributed by atoms with van der Waals surface area (Å²) < 4.78 is 27.6. The van der Waals surface area contributed by atoms with Gasteiger partial charge in [0.05, 0.1) is 12.2 Å². The fourth-order valence-electron chi connectivity index (χ4n) is 1.82. The fraction of sp³-hybridized carbons (Fsp3) is 0.308. The summed E-state index contributed by atoms with van der Waals surface area (Å²) in [5, 5.41) is 1.76. The van der Waals surface area contributed by atoms with E-state index in [9.17, 15) is 8.42 Å². The average molecular weight is 375 g/mol. The van der Waals surface area contributed by atoms with Crippen LogP contribution in [0.25, 0.3) is 0 Å². The molecule has 0 bridgehead atoms. The van der Waals surface area contributed by atoms with Crippen molar-refractivity contribution in [1.29, 1.82) is 0 Å². The molecule has 2 aromatic rings. The number of sulfonamides is 1. The minimum Gasteiger partial charge on any atom is -0.257 e. The Morgan fingerprint density at radius 1 is 1.35 bits per heavy atom. The highest BCUT2D eigenvalue weighted by atomic mass is 79.9. The third-order valence-electron chi connectivity index (χ3n) is 2.80. The second kappa shape index (κ2) is 6.34. The lowest BCUT2D eigenvalue weighted by molar-refractivity contribution is 0.420. The number of hydrogen-bond donors (Lipinski definition) is 0. The topological polar surface area (TPSA) is 50.3 Å². The van der Waals surface area contributed by atoms with Gasteiger partial charge in [0.1, 0.15) is 4.21 Å². The van der Waals surface area contributed by atoms with Crippen molar-refractivity contribution in [2.75, 3.05) is 6.54 Å². The molecule has 0 fully saturated rings. The second-order valence-electron chi connectivity index (χ2n) is 4.26. The van der Waals surface area contributed by atoms with Crippen molar-refractivity contribution in [2.45, 2.75) is 24.6 Å². The third kappa shape index (κ3) is 3.28. The van der Waals surface area contributed by atoms with Crippen molar-refractivity contribution in [3.05, 3.63) is 45.5 Å². The summed E-state index contributed by atoms with van der Waals surface area (Å²) in [6, 6.07) is 7.37. The molecule has 2 aromatic heterocycles. The van der Waals surface area contributed by atoms with E-state index in [4.69, 9.17) is 0 Å². The van der Waals surface area contributed by atoms with Crippen molar-refractivity contribution >= 4 is 37.3 Å². The maximum Gasteiger partial charge on any atom is 0.254 e. The standard InChI is InChI=1S/C13H15BrN2O2S2/c1-3-16(9-11-6-4-5-10(2)15-11)20(17,18)13-12(14)7-8-19-13/h4-8H,3,9H2,1-2H3. The minimum absolute atomic E-state index is 0.283. The van der Waals surface area contributed by atoms with Crippen molar-refractivity contribution in [3.63, 3.8) is 0 Å². The molecule has 7 heteroatoms. The van der Waals surface area contributed by atoms with Gasteiger partial charge in [-0.15, -0.1) is 11.3 Å². The number of aromatic nitrogens is 1. The molecular formula is C13H15BrN2O2S2. The van der Waals surface area contributed by atoms with E-state index in [1.807, 2.05) is 32.0 Å². The van der Waals surface area contributed by atoms with E-state index < -0.39 is 10.0 Å². The summed E-state index contributed by atoms with van der Waals surface area (Å²) in [7, 11) is -3.48. The van der Waals surface area contributed by atoms with Crippen LogP contribution >= 0.6 is 27.3 Å². The van der Waals surface area contributed by atoms with Gasteiger partial charge in [0.2, 0.25) is 0 Å². The zero-order chi connectivity index (χ0) is 14.8. The second-order valence-corrected chi connectivity index (χ2v) is 8.16. The summed E-state index contributed by atoms with van der Waals surface area (Å²) in [6.07, 6.45) is 0. The smallest absolute Gasteiger partial charge is 0.254 e. The third-order valence-corrected chi connectivity index (χ3v) is 7.36. The Kier molecular flexibility index (Phi) is 4.95. The molecule has 0 atom stereocenters. The molecule has 0 spiro atoms. The van der Waals surface area contributed by atoms with Gasteiger partial charge in [0, 0.05) is 16.7 Å². The number of thiophene rings is 1. The molecule has 0 radical (unpaired) electrons. The molecule has 0 saturated heterocycles. The highest BCUT2D eigenvalue weighted by Gasteiger charge is 2.27. The van der Waals surface area contributed by atoms with Gasteiger partial charge < -0.3 is 0 Å². The molecule has 2 heterocycles. The van der Waals surface area contributed by atoms with E-state index in [1.54, 1.807) is 11.4 Å². The fourth-order valence-corrected chi connectivity index (χ4v) is 5.69. The molecule has 0 aliphatic carbocycles. The van der Waals surface area contributed by atoms with E-state index in [0.717, 1.165) is 11.4 Å². The summed E-state index contributed by atoms with van der Waals surface area (Å²) in [5.41, 5.74) is 1.64. The number of nitrogens with zero attached hydrogens (tertiary/aromatic N) is 2. The molecule has 0 amide bonds. The van der Waals surface area contributed by atoms with Gasteiger partial charge in [-0.1, -0.05) is 13.0 Å². The first-order valence-electron chi connectivity index (χ1n) is 6.11. The molecular weight excluding hydrogens is 360 g/mol. The molecule has 0 saturated carbocycles. The molecule has 0 aliphatic rings. The van der Waals surface area contributed by atoms with Crippen LogP contribution < -0.4 is 0 Å². The zero-order valence-electron chi connectivity index (χ0n) is 11.2. The predicted octanol–water partition coefficient (Wildman–Crippen LogP) is 3.42. The monoisotopic (exact) mass is 374 g/mol. The molecule has 0 unspecified atom stereocenters. The Bertz CT molecular complexity index is 698. The van der Waals surface area contributed by atoms with E-state index >= 15 is 0 Å². The molecule has 0 aliphatic heterocycles. The van der Waals surface area contributed by atoms with Gasteiger partial charge >= 0.3 is 0 Å². The highest BCUT2D eigenvalue weighted by Crippen LogP contribution is 2.30. The first-order valence-corrected chi connectivity index (χ1v) is 9.22. The number of halogens is 1. The number of hydrogen-bond acceptors (Lipinski definition) is 4. The van der Waals surface area contributed by atoms with Gasteiger partial charge in [-0.05, 0) is 46.4 Å². The van der Waals surface area contributed by atoms with Crippen LogP contribution in [0.15, 0.2) is 38.3 Å². The SMILES string of the molecule is CCN(Cc1cccc(C)n1)S(=O)(=O)c1sccc1Br. The van der Waals surface area contributed by atoms with Crippen LogP contribution in [-0.4, -0.2) is 24.3 Å². The van der Waals surface area contributed by atoms with Crippen LogP contribution in [0.5, 0.6) is 0 Å². The Morgan fingerprint density at radius 2 is 2.10 bits per heavy atom. The molecule has 0 N–H and O–H groups in total. The molecule has 2 rings (SSSR count). The van der Waals surface area contributed by atoms with Crippen LogP contribution in [-0.2, 0) is 16.6 Å². The zero-order valence-corrected chi connectivity index (χ0v) is 14.4. The lowest BCUT2D eigenvalue weighted by atomic mass is 10.3. The summed E-state index contributed by atoms with van der Waals surface area (Å²) in [4.78, 5) is 4.36. The lowest BCUT2D eigenvalue weighted by Gasteiger charge is -2.19. The van der Waals surface area contributed by atoms with Crippen molar-refractivity contribution in [3.8, 4) is 0 Å². The summed E-state index contributed by atoms with van der Waals surface area (Å²) >= 11 is 4.50. The molecule has 20 heavy (non-hydrogen) atoms. The van der Waals surface area contributed by atoms with Crippen LogP contribution in [0.3, 0.4) is 0 Å². The van der Waals surface area contributed by atoms with Crippen LogP contribution in [0.2, 0.25) is 0 Å². The quantitative estimate of drug-likeness (QED) is 0.805. The van der Waals surface area contributed by atoms with E-state index in [2.05, 4.69) is 20.9 Å². The number of aryl methyl sites for hydroxylation is 1. The lowest BCUT2D eigenvalue weighted by Crippen LogP contribution is -2.30. The number of rotatable bonds is 5. The van der Waals surface area contributed by atoms with Crippen LogP contribution in [0.4, 0.5) is 0 Å². The Balaban J connectivity index is 2.31. The van der Waals surface area contributed by atoms with E-state index in [1.165, 1.54) is 15.6 Å². The van der Waals surface area contributed by atoms with E-state index in [0.29, 0.717) is 15.2 Å². The minimum atomic E-state index is -3.48. The maximum atomic E-state index is 12.6. The predicted molar refractivity (Wildman–Crippen MR) is 84.3 cm³/mol. The Morgan fingerprint density at radius 3 is 2.65 bits per heavy atom.